The van der Waals surface area contributed by atoms with Gasteiger partial charge in [-0.05, 0) is 51.7 Å². The zero-order valence-corrected chi connectivity index (χ0v) is 17.4. The molecule has 26 heavy (non-hydrogen) atoms. The van der Waals surface area contributed by atoms with Crippen molar-refractivity contribution in [3.63, 3.8) is 0 Å². The third-order valence-corrected chi connectivity index (χ3v) is 5.61. The molecule has 2 atom stereocenters. The van der Waals surface area contributed by atoms with Crippen molar-refractivity contribution in [1.29, 1.82) is 0 Å². The number of hydrogen-bond acceptors (Lipinski definition) is 4. The van der Waals surface area contributed by atoms with E-state index in [-0.39, 0.29) is 48.2 Å². The molecule has 1 aliphatic carbocycles. The van der Waals surface area contributed by atoms with E-state index < -0.39 is 0 Å². The van der Waals surface area contributed by atoms with E-state index in [0.29, 0.717) is 0 Å². The molecule has 5 nitrogen and oxygen atoms in total. The van der Waals surface area contributed by atoms with Crippen LogP contribution in [0.4, 0.5) is 5.82 Å². The number of anilines is 1. The number of halogens is 2. The monoisotopic (exact) mass is 402 g/mol. The summed E-state index contributed by atoms with van der Waals surface area (Å²) < 4.78 is 0. The Morgan fingerprint density at radius 3 is 2.54 bits per heavy atom. The third kappa shape index (κ3) is 5.48. The van der Waals surface area contributed by atoms with Gasteiger partial charge >= 0.3 is 0 Å². The molecule has 2 unspecified atom stereocenters. The van der Waals surface area contributed by atoms with E-state index in [1.54, 1.807) is 0 Å². The van der Waals surface area contributed by atoms with Crippen LogP contribution in [0.25, 0.3) is 0 Å². The van der Waals surface area contributed by atoms with Gasteiger partial charge in [-0.1, -0.05) is 18.9 Å². The predicted octanol–water partition coefficient (Wildman–Crippen LogP) is 3.23. The van der Waals surface area contributed by atoms with E-state index in [0.717, 1.165) is 63.1 Å². The van der Waals surface area contributed by atoms with Crippen molar-refractivity contribution in [2.75, 3.05) is 18.0 Å². The minimum absolute atomic E-state index is 0. The topological polar surface area (TPSA) is 71.2 Å². The lowest BCUT2D eigenvalue weighted by molar-refractivity contribution is -0.129. The molecule has 2 fully saturated rings. The number of carbonyl (C=O) groups is 1. The second kappa shape index (κ2) is 9.77. The van der Waals surface area contributed by atoms with Crippen molar-refractivity contribution in [3.05, 3.63) is 23.9 Å². The van der Waals surface area contributed by atoms with Crippen LogP contribution in [-0.4, -0.2) is 35.6 Å². The highest BCUT2D eigenvalue weighted by molar-refractivity contribution is 5.85. The minimum Gasteiger partial charge on any atom is -0.356 e. The molecule has 0 radical (unpaired) electrons. The van der Waals surface area contributed by atoms with Gasteiger partial charge in [0.05, 0.1) is 5.92 Å². The standard InChI is InChI=1S/C19H30N4O.2ClH/c1-14-6-5-8-17(21-14)23-12-9-15(10-13-23)22-18(24)16-7-3-4-11-19(16,2)20;;/h5-6,8,15-16H,3-4,7,9-13,20H2,1-2H3,(H,22,24);2*1H. The lowest BCUT2D eigenvalue weighted by Crippen LogP contribution is -2.55. The molecule has 1 aromatic rings. The van der Waals surface area contributed by atoms with Crippen LogP contribution in [0, 0.1) is 12.8 Å². The molecule has 3 N–H and O–H groups in total. The summed E-state index contributed by atoms with van der Waals surface area (Å²) in [5.41, 5.74) is 7.05. The third-order valence-electron chi connectivity index (χ3n) is 5.61. The Morgan fingerprint density at radius 2 is 1.92 bits per heavy atom. The van der Waals surface area contributed by atoms with Gasteiger partial charge in [-0.25, -0.2) is 4.98 Å². The van der Waals surface area contributed by atoms with Gasteiger partial charge in [-0.3, -0.25) is 4.79 Å². The first-order valence-corrected chi connectivity index (χ1v) is 9.23. The first-order chi connectivity index (χ1) is 11.5. The van der Waals surface area contributed by atoms with E-state index in [1.807, 2.05) is 19.9 Å². The van der Waals surface area contributed by atoms with Crippen LogP contribution >= 0.6 is 24.8 Å². The number of rotatable bonds is 3. The summed E-state index contributed by atoms with van der Waals surface area (Å²) in [5.74, 6) is 1.16. The largest absolute Gasteiger partial charge is 0.356 e. The Labute approximate surface area is 169 Å². The van der Waals surface area contributed by atoms with Gasteiger partial charge in [-0.2, -0.15) is 0 Å². The van der Waals surface area contributed by atoms with Crippen LogP contribution in [0.5, 0.6) is 0 Å². The van der Waals surface area contributed by atoms with Crippen molar-refractivity contribution in [2.24, 2.45) is 11.7 Å². The van der Waals surface area contributed by atoms with Crippen LogP contribution in [-0.2, 0) is 4.79 Å². The average Bonchev–Trinajstić information content (AvgIpc) is 2.55. The zero-order chi connectivity index (χ0) is 17.2. The number of pyridine rings is 1. The van der Waals surface area contributed by atoms with Crippen LogP contribution in [0.2, 0.25) is 0 Å². The average molecular weight is 403 g/mol. The van der Waals surface area contributed by atoms with Gasteiger partial charge in [-0.15, -0.1) is 24.8 Å². The number of piperidine rings is 1. The second-order valence-corrected chi connectivity index (χ2v) is 7.71. The smallest absolute Gasteiger partial charge is 0.225 e. The zero-order valence-electron chi connectivity index (χ0n) is 15.7. The highest BCUT2D eigenvalue weighted by Gasteiger charge is 2.38. The van der Waals surface area contributed by atoms with Crippen LogP contribution < -0.4 is 16.0 Å². The van der Waals surface area contributed by atoms with Gasteiger partial charge in [0.1, 0.15) is 5.82 Å². The first kappa shape index (κ1) is 23.0. The van der Waals surface area contributed by atoms with Gasteiger partial charge in [0, 0.05) is 30.4 Å². The maximum Gasteiger partial charge on any atom is 0.225 e. The Morgan fingerprint density at radius 1 is 1.23 bits per heavy atom. The number of nitrogens with one attached hydrogen (secondary N) is 1. The van der Waals surface area contributed by atoms with Crippen molar-refractivity contribution < 1.29 is 4.79 Å². The SMILES string of the molecule is Cc1cccc(N2CCC(NC(=O)C3CCCCC3(C)N)CC2)n1.Cl.Cl. The van der Waals surface area contributed by atoms with E-state index in [9.17, 15) is 4.79 Å². The van der Waals surface area contributed by atoms with Gasteiger partial charge in [0.25, 0.3) is 0 Å². The summed E-state index contributed by atoms with van der Waals surface area (Å²) in [6.45, 7) is 5.92. The fourth-order valence-corrected chi connectivity index (χ4v) is 4.05. The summed E-state index contributed by atoms with van der Waals surface area (Å²) in [6.07, 6.45) is 6.05. The number of carbonyl (C=O) groups excluding carboxylic acids is 1. The molecule has 1 saturated heterocycles. The Balaban J connectivity index is 0.00000169. The molecule has 7 heteroatoms. The molecule has 0 aromatic carbocycles. The quantitative estimate of drug-likeness (QED) is 0.813. The predicted molar refractivity (Wildman–Crippen MR) is 111 cm³/mol. The second-order valence-electron chi connectivity index (χ2n) is 7.71. The molecule has 0 bridgehead atoms. The normalized spacial score (nSPS) is 26.4. The fourth-order valence-electron chi connectivity index (χ4n) is 4.05. The maximum atomic E-state index is 12.7. The molecule has 148 valence electrons. The summed E-state index contributed by atoms with van der Waals surface area (Å²) >= 11 is 0. The van der Waals surface area contributed by atoms with E-state index >= 15 is 0 Å². The molecule has 3 rings (SSSR count). The lowest BCUT2D eigenvalue weighted by atomic mass is 9.74. The van der Waals surface area contributed by atoms with Gasteiger partial charge in [0.15, 0.2) is 0 Å². The highest BCUT2D eigenvalue weighted by atomic mass is 35.5. The van der Waals surface area contributed by atoms with E-state index in [1.165, 1.54) is 0 Å². The molecule has 1 aliphatic heterocycles. The number of nitrogens with two attached hydrogens (primary N) is 1. The number of nitrogens with zero attached hydrogens (tertiary/aromatic N) is 2. The Hall–Kier alpha value is -1.04. The molecule has 0 spiro atoms. The Bertz CT molecular complexity index is 589. The van der Waals surface area contributed by atoms with E-state index in [2.05, 4.69) is 27.3 Å². The summed E-state index contributed by atoms with van der Waals surface area (Å²) in [6, 6.07) is 6.39. The minimum atomic E-state index is -0.353. The fraction of sp³-hybridized carbons (Fsp3) is 0.684. The maximum absolute atomic E-state index is 12.7. The molecule has 1 amide bonds. The lowest BCUT2D eigenvalue weighted by Gasteiger charge is -2.39. The van der Waals surface area contributed by atoms with Crippen LogP contribution in [0.15, 0.2) is 18.2 Å². The van der Waals surface area contributed by atoms with Crippen molar-refractivity contribution in [1.82, 2.24) is 10.3 Å². The molecule has 2 aliphatic rings. The van der Waals surface area contributed by atoms with Gasteiger partial charge in [0.2, 0.25) is 5.91 Å². The summed E-state index contributed by atoms with van der Waals surface area (Å²) in [5, 5.41) is 3.26. The van der Waals surface area contributed by atoms with Crippen molar-refractivity contribution >= 4 is 36.5 Å². The summed E-state index contributed by atoms with van der Waals surface area (Å²) in [7, 11) is 0. The molecule has 1 aromatic heterocycles. The van der Waals surface area contributed by atoms with E-state index in [4.69, 9.17) is 5.73 Å². The van der Waals surface area contributed by atoms with Crippen molar-refractivity contribution in [3.8, 4) is 0 Å². The van der Waals surface area contributed by atoms with Gasteiger partial charge < -0.3 is 16.0 Å². The number of aryl methyl sites for hydroxylation is 1. The summed E-state index contributed by atoms with van der Waals surface area (Å²) in [4.78, 5) is 19.6. The number of amides is 1. The van der Waals surface area contributed by atoms with Crippen LogP contribution in [0.3, 0.4) is 0 Å². The number of aromatic nitrogens is 1. The number of hydrogen-bond donors (Lipinski definition) is 2. The van der Waals surface area contributed by atoms with Crippen molar-refractivity contribution in [2.45, 2.75) is 64.0 Å². The molecule has 1 saturated carbocycles. The Kier molecular flexibility index (Phi) is 8.64. The first-order valence-electron chi connectivity index (χ1n) is 9.23. The highest BCUT2D eigenvalue weighted by Crippen LogP contribution is 2.32. The molecular weight excluding hydrogens is 371 g/mol. The molecule has 2 heterocycles. The molecular formula is C19H32Cl2N4O. The van der Waals surface area contributed by atoms with Crippen LogP contribution in [0.1, 0.15) is 51.1 Å².